The maximum absolute atomic E-state index is 5.51. The van der Waals surface area contributed by atoms with E-state index in [2.05, 4.69) is 27.2 Å². The van der Waals surface area contributed by atoms with Gasteiger partial charge < -0.3 is 19.9 Å². The van der Waals surface area contributed by atoms with Crippen LogP contribution >= 0.6 is 0 Å². The molecule has 1 aliphatic rings. The smallest absolute Gasteiger partial charge is 0.240 e. The molecular weight excluding hydrogens is 256 g/mol. The maximum atomic E-state index is 5.51. The van der Waals surface area contributed by atoms with Gasteiger partial charge in [0.15, 0.2) is 0 Å². The molecule has 1 aliphatic heterocycles. The Labute approximate surface area is 117 Å². The highest BCUT2D eigenvalue weighted by atomic mass is 16.5. The fraction of sp³-hybridized carbons (Fsp3) is 0.429. The third-order valence-corrected chi connectivity index (χ3v) is 3.54. The molecule has 0 aliphatic carbocycles. The van der Waals surface area contributed by atoms with E-state index < -0.39 is 0 Å². The van der Waals surface area contributed by atoms with E-state index in [0.717, 1.165) is 30.1 Å². The first-order valence-electron chi connectivity index (χ1n) is 6.78. The molecule has 2 heterocycles. The van der Waals surface area contributed by atoms with E-state index in [4.69, 9.17) is 15.0 Å². The Kier molecular flexibility index (Phi) is 3.56. The van der Waals surface area contributed by atoms with Crippen molar-refractivity contribution in [3.8, 4) is 17.1 Å². The van der Waals surface area contributed by atoms with E-state index in [1.165, 1.54) is 12.8 Å². The van der Waals surface area contributed by atoms with Gasteiger partial charge in [0.05, 0.1) is 19.2 Å². The Bertz CT molecular complexity index is 591. The van der Waals surface area contributed by atoms with Crippen molar-refractivity contribution in [1.29, 1.82) is 0 Å². The van der Waals surface area contributed by atoms with Crippen LogP contribution in [0.1, 0.15) is 18.7 Å². The number of hydrogen-bond acceptors (Lipinski definition) is 6. The minimum atomic E-state index is 0.237. The summed E-state index contributed by atoms with van der Waals surface area (Å²) in [6.07, 6.45) is 2.47. The molecule has 1 aromatic heterocycles. The monoisotopic (exact) mass is 274 g/mol. The average Bonchev–Trinajstić information content (AvgIpc) is 3.17. The molecule has 0 saturated carbocycles. The number of benzene rings is 1. The van der Waals surface area contributed by atoms with E-state index in [1.54, 1.807) is 7.11 Å². The highest BCUT2D eigenvalue weighted by Crippen LogP contribution is 2.33. The van der Waals surface area contributed by atoms with Crippen LogP contribution in [0.25, 0.3) is 11.4 Å². The van der Waals surface area contributed by atoms with Gasteiger partial charge in [-0.15, -0.1) is 0 Å². The minimum absolute atomic E-state index is 0.237. The van der Waals surface area contributed by atoms with Crippen LogP contribution in [-0.2, 0) is 6.54 Å². The summed E-state index contributed by atoms with van der Waals surface area (Å²) >= 11 is 0. The number of nitrogens with zero attached hydrogens (tertiary/aromatic N) is 3. The van der Waals surface area contributed by atoms with E-state index in [9.17, 15) is 0 Å². The van der Waals surface area contributed by atoms with Crippen molar-refractivity contribution < 1.29 is 9.26 Å². The molecule has 2 aromatic rings. The molecule has 20 heavy (non-hydrogen) atoms. The topological polar surface area (TPSA) is 77.4 Å². The molecule has 0 amide bonds. The van der Waals surface area contributed by atoms with Gasteiger partial charge in [-0.1, -0.05) is 5.16 Å². The lowest BCUT2D eigenvalue weighted by atomic mass is 10.1. The molecule has 0 spiro atoms. The molecule has 0 atom stereocenters. The summed E-state index contributed by atoms with van der Waals surface area (Å²) in [6.45, 7) is 2.42. The number of ether oxygens (including phenoxy) is 1. The van der Waals surface area contributed by atoms with E-state index in [-0.39, 0.29) is 6.54 Å². The Morgan fingerprint density at radius 1 is 1.35 bits per heavy atom. The first-order chi connectivity index (χ1) is 9.81. The fourth-order valence-corrected chi connectivity index (χ4v) is 2.49. The van der Waals surface area contributed by atoms with Crippen LogP contribution in [0.4, 0.5) is 5.69 Å². The molecule has 106 valence electrons. The largest absolute Gasteiger partial charge is 0.496 e. The maximum Gasteiger partial charge on any atom is 0.240 e. The van der Waals surface area contributed by atoms with Crippen LogP contribution in [0, 0.1) is 0 Å². The predicted molar refractivity (Wildman–Crippen MR) is 75.6 cm³/mol. The van der Waals surface area contributed by atoms with Gasteiger partial charge in [0.1, 0.15) is 5.75 Å². The molecule has 6 heteroatoms. The van der Waals surface area contributed by atoms with Gasteiger partial charge in [-0.05, 0) is 31.0 Å². The predicted octanol–water partition coefficient (Wildman–Crippen LogP) is 1.80. The highest BCUT2D eigenvalue weighted by molar-refractivity contribution is 5.70. The van der Waals surface area contributed by atoms with Crippen molar-refractivity contribution in [2.75, 3.05) is 25.1 Å². The lowest BCUT2D eigenvalue weighted by Gasteiger charge is -2.19. The number of hydrogen-bond donors (Lipinski definition) is 1. The molecule has 0 bridgehead atoms. The summed E-state index contributed by atoms with van der Waals surface area (Å²) in [5.41, 5.74) is 7.50. The van der Waals surface area contributed by atoms with Gasteiger partial charge in [0, 0.05) is 18.8 Å². The Hall–Kier alpha value is -2.08. The van der Waals surface area contributed by atoms with E-state index >= 15 is 0 Å². The third kappa shape index (κ3) is 2.34. The average molecular weight is 274 g/mol. The molecule has 3 rings (SSSR count). The van der Waals surface area contributed by atoms with E-state index in [1.807, 2.05) is 6.07 Å². The van der Waals surface area contributed by atoms with Crippen LogP contribution in [0.3, 0.4) is 0 Å². The van der Waals surface area contributed by atoms with Crippen LogP contribution in [0.5, 0.6) is 5.75 Å². The Morgan fingerprint density at radius 2 is 2.15 bits per heavy atom. The van der Waals surface area contributed by atoms with Crippen molar-refractivity contribution in [3.05, 3.63) is 24.1 Å². The molecule has 6 nitrogen and oxygen atoms in total. The standard InChI is InChI=1S/C14H18N4O2/c1-19-12-5-4-10(18-6-2-3-7-18)8-11(12)14-16-13(9-15)20-17-14/h4-5,8H,2-3,6-7,9,15H2,1H3. The van der Waals surface area contributed by atoms with Crippen molar-refractivity contribution in [1.82, 2.24) is 10.1 Å². The first-order valence-corrected chi connectivity index (χ1v) is 6.78. The van der Waals surface area contributed by atoms with Gasteiger partial charge in [-0.3, -0.25) is 0 Å². The van der Waals surface area contributed by atoms with Crippen LogP contribution in [0.2, 0.25) is 0 Å². The van der Waals surface area contributed by atoms with Crippen LogP contribution < -0.4 is 15.4 Å². The van der Waals surface area contributed by atoms with Crippen LogP contribution in [0.15, 0.2) is 22.7 Å². The number of anilines is 1. The number of aromatic nitrogens is 2. The number of rotatable bonds is 4. The minimum Gasteiger partial charge on any atom is -0.496 e. The second-order valence-electron chi connectivity index (χ2n) is 4.79. The summed E-state index contributed by atoms with van der Waals surface area (Å²) in [5, 5.41) is 3.97. The molecule has 0 radical (unpaired) electrons. The first kappa shape index (κ1) is 12.9. The summed E-state index contributed by atoms with van der Waals surface area (Å²) in [5.74, 6) is 1.68. The highest BCUT2D eigenvalue weighted by Gasteiger charge is 2.17. The number of nitrogens with two attached hydrogens (primary N) is 1. The lowest BCUT2D eigenvalue weighted by molar-refractivity contribution is 0.380. The number of methoxy groups -OCH3 is 1. The molecule has 1 fully saturated rings. The van der Waals surface area contributed by atoms with Crippen molar-refractivity contribution in [2.45, 2.75) is 19.4 Å². The zero-order chi connectivity index (χ0) is 13.9. The summed E-state index contributed by atoms with van der Waals surface area (Å²) < 4.78 is 10.5. The second kappa shape index (κ2) is 5.50. The summed E-state index contributed by atoms with van der Waals surface area (Å²) in [4.78, 5) is 6.63. The zero-order valence-corrected chi connectivity index (χ0v) is 11.5. The summed E-state index contributed by atoms with van der Waals surface area (Å²) in [6, 6.07) is 6.06. The summed E-state index contributed by atoms with van der Waals surface area (Å²) in [7, 11) is 1.64. The van der Waals surface area contributed by atoms with Crippen LogP contribution in [-0.4, -0.2) is 30.3 Å². The zero-order valence-electron chi connectivity index (χ0n) is 11.5. The van der Waals surface area contributed by atoms with Crippen molar-refractivity contribution in [3.63, 3.8) is 0 Å². The van der Waals surface area contributed by atoms with Gasteiger partial charge >= 0.3 is 0 Å². The SMILES string of the molecule is COc1ccc(N2CCCC2)cc1-c1noc(CN)n1. The molecule has 1 aromatic carbocycles. The fourth-order valence-electron chi connectivity index (χ4n) is 2.49. The van der Waals surface area contributed by atoms with Gasteiger partial charge in [0.25, 0.3) is 0 Å². The molecule has 1 saturated heterocycles. The molecular formula is C14H18N4O2. The Balaban J connectivity index is 1.99. The molecule has 0 unspecified atom stereocenters. The van der Waals surface area contributed by atoms with Gasteiger partial charge in [0.2, 0.25) is 11.7 Å². The van der Waals surface area contributed by atoms with E-state index in [0.29, 0.717) is 11.7 Å². The third-order valence-electron chi connectivity index (χ3n) is 3.54. The quantitative estimate of drug-likeness (QED) is 0.916. The lowest BCUT2D eigenvalue weighted by Crippen LogP contribution is -2.17. The van der Waals surface area contributed by atoms with Gasteiger partial charge in [-0.25, -0.2) is 0 Å². The van der Waals surface area contributed by atoms with Crippen molar-refractivity contribution >= 4 is 5.69 Å². The Morgan fingerprint density at radius 3 is 2.80 bits per heavy atom. The molecule has 2 N–H and O–H groups in total. The van der Waals surface area contributed by atoms with Crippen molar-refractivity contribution in [2.24, 2.45) is 5.73 Å². The normalized spacial score (nSPS) is 14.8. The second-order valence-corrected chi connectivity index (χ2v) is 4.79. The van der Waals surface area contributed by atoms with Gasteiger partial charge in [-0.2, -0.15) is 4.98 Å².